The summed E-state index contributed by atoms with van der Waals surface area (Å²) in [6.45, 7) is 2.37. The minimum Gasteiger partial charge on any atom is -0.357 e. The van der Waals surface area contributed by atoms with E-state index in [0.717, 1.165) is 27.7 Å². The first kappa shape index (κ1) is 18.4. The van der Waals surface area contributed by atoms with Gasteiger partial charge in [0.1, 0.15) is 11.6 Å². The van der Waals surface area contributed by atoms with Gasteiger partial charge in [0.25, 0.3) is 0 Å². The smallest absolute Gasteiger partial charge is 0.357 e. The zero-order chi connectivity index (χ0) is 19.9. The summed E-state index contributed by atoms with van der Waals surface area (Å²) in [6.07, 6.45) is -2.93. The third-order valence-electron chi connectivity index (χ3n) is 4.19. The molecule has 0 amide bonds. The molecule has 2 heterocycles. The zero-order valence-corrected chi connectivity index (χ0v) is 15.4. The molecule has 0 radical (unpaired) electrons. The van der Waals surface area contributed by atoms with Gasteiger partial charge in [0.05, 0.1) is 16.6 Å². The van der Waals surface area contributed by atoms with E-state index in [1.54, 1.807) is 18.3 Å². The maximum atomic E-state index is 13.4. The van der Waals surface area contributed by atoms with Crippen molar-refractivity contribution in [2.24, 2.45) is 0 Å². The van der Waals surface area contributed by atoms with E-state index in [1.165, 1.54) is 11.3 Å². The largest absolute Gasteiger partial charge is 0.417 e. The summed E-state index contributed by atoms with van der Waals surface area (Å²) in [5.41, 5.74) is 0.699. The lowest BCUT2D eigenvalue weighted by Crippen LogP contribution is -2.08. The van der Waals surface area contributed by atoms with E-state index in [0.29, 0.717) is 23.6 Å². The summed E-state index contributed by atoms with van der Waals surface area (Å²) in [6, 6.07) is 7.94. The highest BCUT2D eigenvalue weighted by atomic mass is 32.1. The molecule has 0 unspecified atom stereocenters. The number of hydrogen-bond acceptors (Lipinski definition) is 4. The molecule has 28 heavy (non-hydrogen) atoms. The fraction of sp³-hybridized carbons (Fsp3) is 0.158. The molecule has 0 aliphatic carbocycles. The number of aromatic nitrogens is 3. The van der Waals surface area contributed by atoms with E-state index in [4.69, 9.17) is 0 Å². The minimum atomic E-state index is -4.69. The number of nitrogens with one attached hydrogen (secondary N) is 2. The predicted molar refractivity (Wildman–Crippen MR) is 101 cm³/mol. The van der Waals surface area contributed by atoms with Crippen molar-refractivity contribution >= 4 is 27.5 Å². The van der Waals surface area contributed by atoms with Gasteiger partial charge in [-0.25, -0.2) is 14.4 Å². The Kier molecular flexibility index (Phi) is 4.54. The van der Waals surface area contributed by atoms with Gasteiger partial charge in [-0.3, -0.25) is 0 Å². The van der Waals surface area contributed by atoms with E-state index in [2.05, 4.69) is 20.3 Å². The van der Waals surface area contributed by atoms with Crippen LogP contribution in [0.3, 0.4) is 0 Å². The molecule has 0 saturated heterocycles. The number of alkyl halides is 3. The van der Waals surface area contributed by atoms with Crippen LogP contribution in [0.25, 0.3) is 22.4 Å². The van der Waals surface area contributed by atoms with Crippen molar-refractivity contribution in [1.29, 1.82) is 0 Å². The second-order valence-corrected chi connectivity index (χ2v) is 7.45. The first-order chi connectivity index (χ1) is 13.3. The highest BCUT2D eigenvalue weighted by Crippen LogP contribution is 2.37. The number of fused-ring (bicyclic) bond motifs is 1. The average Bonchev–Trinajstić information content (AvgIpc) is 3.25. The fourth-order valence-electron chi connectivity index (χ4n) is 2.93. The van der Waals surface area contributed by atoms with Crippen LogP contribution in [-0.4, -0.2) is 15.0 Å². The summed E-state index contributed by atoms with van der Waals surface area (Å²) in [5, 5.41) is 3.94. The molecule has 0 atom stereocenters. The first-order valence-electron chi connectivity index (χ1n) is 8.32. The Labute approximate surface area is 161 Å². The molecule has 0 spiro atoms. The van der Waals surface area contributed by atoms with Crippen LogP contribution >= 0.6 is 11.3 Å². The van der Waals surface area contributed by atoms with Crippen LogP contribution in [0, 0.1) is 12.7 Å². The Hall–Kier alpha value is -2.94. The highest BCUT2D eigenvalue weighted by Gasteiger charge is 2.35. The van der Waals surface area contributed by atoms with Gasteiger partial charge in [-0.2, -0.15) is 13.2 Å². The second-order valence-electron chi connectivity index (χ2n) is 6.22. The number of aryl methyl sites for hydroxylation is 1. The summed E-state index contributed by atoms with van der Waals surface area (Å²) in [5.74, 6) is -0.907. The highest BCUT2D eigenvalue weighted by molar-refractivity contribution is 7.15. The lowest BCUT2D eigenvalue weighted by Gasteiger charge is -2.11. The standard InChI is InChI=1S/C19H14F4N4S/c1-10-8-24-18(28-10)25-9-11-3-2-4-15-16(11)27-17(26-15)13-6-5-12(20)7-14(13)19(21,22)23/h2-8H,9H2,1H3,(H,24,25)(H,26,27). The topological polar surface area (TPSA) is 53.6 Å². The van der Waals surface area contributed by atoms with E-state index in [9.17, 15) is 17.6 Å². The van der Waals surface area contributed by atoms with Gasteiger partial charge in [-0.1, -0.05) is 12.1 Å². The van der Waals surface area contributed by atoms with Gasteiger partial charge in [0.15, 0.2) is 5.13 Å². The van der Waals surface area contributed by atoms with E-state index in [1.807, 2.05) is 13.0 Å². The van der Waals surface area contributed by atoms with Gasteiger partial charge in [-0.15, -0.1) is 11.3 Å². The second kappa shape index (κ2) is 6.90. The van der Waals surface area contributed by atoms with Crippen LogP contribution in [-0.2, 0) is 12.7 Å². The van der Waals surface area contributed by atoms with E-state index < -0.39 is 17.6 Å². The van der Waals surface area contributed by atoms with Crippen molar-refractivity contribution in [3.8, 4) is 11.4 Å². The average molecular weight is 406 g/mol. The van der Waals surface area contributed by atoms with Crippen LogP contribution in [0.5, 0.6) is 0 Å². The molecule has 9 heteroatoms. The van der Waals surface area contributed by atoms with Crippen LogP contribution in [0.4, 0.5) is 22.7 Å². The van der Waals surface area contributed by atoms with E-state index in [-0.39, 0.29) is 11.4 Å². The number of imidazole rings is 1. The van der Waals surface area contributed by atoms with Crippen LogP contribution in [0.2, 0.25) is 0 Å². The third-order valence-corrected chi connectivity index (χ3v) is 5.06. The third kappa shape index (κ3) is 3.57. The lowest BCUT2D eigenvalue weighted by molar-refractivity contribution is -0.137. The van der Waals surface area contributed by atoms with Crippen molar-refractivity contribution < 1.29 is 17.6 Å². The van der Waals surface area contributed by atoms with Crippen LogP contribution in [0.1, 0.15) is 16.0 Å². The van der Waals surface area contributed by atoms with E-state index >= 15 is 0 Å². The number of thiazole rings is 1. The van der Waals surface area contributed by atoms with Crippen molar-refractivity contribution in [3.05, 3.63) is 64.4 Å². The number of H-pyrrole nitrogens is 1. The molecule has 0 bridgehead atoms. The van der Waals surface area contributed by atoms with Gasteiger partial charge >= 0.3 is 6.18 Å². The minimum absolute atomic E-state index is 0.0415. The van der Waals surface area contributed by atoms with Crippen molar-refractivity contribution in [2.75, 3.05) is 5.32 Å². The molecule has 0 aliphatic heterocycles. The lowest BCUT2D eigenvalue weighted by atomic mass is 10.1. The number of aromatic amines is 1. The molecule has 4 aromatic rings. The van der Waals surface area contributed by atoms with Gasteiger partial charge < -0.3 is 10.3 Å². The van der Waals surface area contributed by atoms with Crippen molar-refractivity contribution in [1.82, 2.24) is 15.0 Å². The van der Waals surface area contributed by atoms with Gasteiger partial charge in [-0.05, 0) is 36.8 Å². The Morgan fingerprint density at radius 1 is 1.18 bits per heavy atom. The number of anilines is 1. The number of benzene rings is 2. The van der Waals surface area contributed by atoms with Crippen molar-refractivity contribution in [2.45, 2.75) is 19.6 Å². The number of nitrogens with zero attached hydrogens (tertiary/aromatic N) is 2. The Morgan fingerprint density at radius 3 is 2.71 bits per heavy atom. The summed E-state index contributed by atoms with van der Waals surface area (Å²) in [7, 11) is 0. The van der Waals surface area contributed by atoms with Crippen LogP contribution < -0.4 is 5.32 Å². The first-order valence-corrected chi connectivity index (χ1v) is 9.14. The van der Waals surface area contributed by atoms with Gasteiger partial charge in [0, 0.05) is 23.2 Å². The maximum Gasteiger partial charge on any atom is 0.417 e. The number of hydrogen-bond donors (Lipinski definition) is 2. The molecular weight excluding hydrogens is 392 g/mol. The Balaban J connectivity index is 1.73. The monoisotopic (exact) mass is 406 g/mol. The number of rotatable bonds is 4. The quantitative estimate of drug-likeness (QED) is 0.424. The predicted octanol–water partition coefficient (Wildman–Crippen LogP) is 5.76. The maximum absolute atomic E-state index is 13.4. The molecule has 2 aromatic heterocycles. The van der Waals surface area contributed by atoms with Crippen LogP contribution in [0.15, 0.2) is 42.6 Å². The van der Waals surface area contributed by atoms with Gasteiger partial charge in [0.2, 0.25) is 0 Å². The molecular formula is C19H14F4N4S. The summed E-state index contributed by atoms with van der Waals surface area (Å²) in [4.78, 5) is 12.6. The molecule has 144 valence electrons. The molecule has 2 N–H and O–H groups in total. The molecule has 4 rings (SSSR count). The number of halogens is 4. The zero-order valence-electron chi connectivity index (χ0n) is 14.6. The fourth-order valence-corrected chi connectivity index (χ4v) is 3.59. The SMILES string of the molecule is Cc1cnc(NCc2cccc3[nH]c(-c4ccc(F)cc4C(F)(F)F)nc23)s1. The number of para-hydroxylation sites is 1. The summed E-state index contributed by atoms with van der Waals surface area (Å²) >= 11 is 1.51. The molecule has 2 aromatic carbocycles. The molecule has 4 nitrogen and oxygen atoms in total. The van der Waals surface area contributed by atoms with Crippen molar-refractivity contribution in [3.63, 3.8) is 0 Å². The normalized spacial score (nSPS) is 11.9. The Morgan fingerprint density at radius 2 is 2.00 bits per heavy atom. The Bertz CT molecular complexity index is 1150. The molecule has 0 aliphatic rings. The molecule has 0 saturated carbocycles. The summed E-state index contributed by atoms with van der Waals surface area (Å²) < 4.78 is 53.4. The molecule has 0 fully saturated rings.